The van der Waals surface area contributed by atoms with Crippen molar-refractivity contribution in [3.63, 3.8) is 0 Å². The molecule has 0 spiro atoms. The number of rotatable bonds is 5. The Labute approximate surface area is 150 Å². The van der Waals surface area contributed by atoms with Gasteiger partial charge in [0.1, 0.15) is 0 Å². The van der Waals surface area contributed by atoms with Crippen molar-refractivity contribution in [1.29, 1.82) is 0 Å². The van der Waals surface area contributed by atoms with Crippen LogP contribution in [0.4, 0.5) is 0 Å². The summed E-state index contributed by atoms with van der Waals surface area (Å²) in [6.45, 7) is 0. The van der Waals surface area contributed by atoms with Crippen LogP contribution >= 0.6 is 0 Å². The monoisotopic (exact) mass is 365 g/mol. The maximum Gasteiger partial charge on any atom is 0.243 e. The quantitative estimate of drug-likeness (QED) is 0.803. The van der Waals surface area contributed by atoms with Crippen molar-refractivity contribution < 1.29 is 17.9 Å². The lowest BCUT2D eigenvalue weighted by Gasteiger charge is -2.59. The molecule has 5 rings (SSSR count). The van der Waals surface area contributed by atoms with E-state index in [1.165, 1.54) is 26.4 Å². The third-order valence-electron chi connectivity index (χ3n) is 6.69. The molecule has 0 saturated heterocycles. The summed E-state index contributed by atoms with van der Waals surface area (Å²) >= 11 is 0. The van der Waals surface area contributed by atoms with Crippen LogP contribution in [0.2, 0.25) is 0 Å². The third kappa shape index (κ3) is 2.65. The van der Waals surface area contributed by atoms with Gasteiger partial charge in [0.2, 0.25) is 10.0 Å². The predicted octanol–water partition coefficient (Wildman–Crippen LogP) is 3.29. The Morgan fingerprint density at radius 2 is 1.48 bits per heavy atom. The third-order valence-corrected chi connectivity index (χ3v) is 8.65. The van der Waals surface area contributed by atoms with Gasteiger partial charge in [-0.25, -0.2) is 8.42 Å². The highest BCUT2D eigenvalue weighted by Crippen LogP contribution is 2.58. The normalized spacial score (nSPS) is 33.7. The van der Waals surface area contributed by atoms with Crippen molar-refractivity contribution in [2.75, 3.05) is 21.3 Å². The summed E-state index contributed by atoms with van der Waals surface area (Å²) in [6.07, 6.45) is 6.93. The molecule has 0 amide bonds. The summed E-state index contributed by atoms with van der Waals surface area (Å²) in [5, 5.41) is 0. The Morgan fingerprint density at radius 3 is 1.96 bits per heavy atom. The molecular formula is C19H27NO4S. The van der Waals surface area contributed by atoms with Crippen molar-refractivity contribution in [2.45, 2.75) is 49.0 Å². The molecule has 4 fully saturated rings. The molecule has 4 aliphatic carbocycles. The minimum absolute atomic E-state index is 0.194. The van der Waals surface area contributed by atoms with Gasteiger partial charge in [0, 0.05) is 18.7 Å². The van der Waals surface area contributed by atoms with Crippen molar-refractivity contribution in [3.8, 4) is 11.5 Å². The molecule has 4 bridgehead atoms. The van der Waals surface area contributed by atoms with Gasteiger partial charge < -0.3 is 9.47 Å². The van der Waals surface area contributed by atoms with Crippen molar-refractivity contribution >= 4 is 10.0 Å². The van der Waals surface area contributed by atoms with Gasteiger partial charge in [-0.1, -0.05) is 0 Å². The van der Waals surface area contributed by atoms with Gasteiger partial charge in [0.15, 0.2) is 11.5 Å². The Balaban J connectivity index is 1.68. The molecule has 6 heteroatoms. The number of benzene rings is 1. The fourth-order valence-corrected chi connectivity index (χ4v) is 7.39. The molecule has 1 aromatic carbocycles. The average Bonchev–Trinajstić information content (AvgIpc) is 2.59. The first-order chi connectivity index (χ1) is 11.9. The lowest BCUT2D eigenvalue weighted by molar-refractivity contribution is -0.0495. The second-order valence-electron chi connectivity index (χ2n) is 8.13. The standard InChI is InChI=1S/C19H27NO4S/c1-20(19-10-13-6-14(11-19)8-15(7-13)12-19)25(21,22)16-4-5-17(23-2)18(9-16)24-3/h4-5,9,13-15H,6-8,10-12H2,1-3H3. The predicted molar refractivity (Wildman–Crippen MR) is 95.4 cm³/mol. The van der Waals surface area contributed by atoms with Crippen LogP contribution in [0.1, 0.15) is 38.5 Å². The molecule has 0 aliphatic heterocycles. The van der Waals surface area contributed by atoms with Crippen LogP contribution in [0.3, 0.4) is 0 Å². The number of hydrogen-bond acceptors (Lipinski definition) is 4. The van der Waals surface area contributed by atoms with Crippen LogP contribution in [-0.2, 0) is 10.0 Å². The van der Waals surface area contributed by atoms with Crippen LogP contribution in [0, 0.1) is 17.8 Å². The Morgan fingerprint density at radius 1 is 0.960 bits per heavy atom. The second-order valence-corrected chi connectivity index (χ2v) is 10.1. The van der Waals surface area contributed by atoms with E-state index in [0.29, 0.717) is 29.3 Å². The molecular weight excluding hydrogens is 338 g/mol. The fourth-order valence-electron chi connectivity index (χ4n) is 5.84. The molecule has 4 aliphatic rings. The van der Waals surface area contributed by atoms with Crippen molar-refractivity contribution in [1.82, 2.24) is 4.31 Å². The molecule has 0 unspecified atom stereocenters. The molecule has 25 heavy (non-hydrogen) atoms. The average molecular weight is 365 g/mol. The lowest BCUT2D eigenvalue weighted by atomic mass is 9.53. The highest BCUT2D eigenvalue weighted by molar-refractivity contribution is 7.89. The molecule has 0 N–H and O–H groups in total. The van der Waals surface area contributed by atoms with Crippen LogP contribution in [0.15, 0.2) is 23.1 Å². The van der Waals surface area contributed by atoms with Crippen LogP contribution in [-0.4, -0.2) is 39.5 Å². The summed E-state index contributed by atoms with van der Waals surface area (Å²) in [4.78, 5) is 0.281. The van der Waals surface area contributed by atoms with Crippen molar-refractivity contribution in [2.24, 2.45) is 17.8 Å². The zero-order valence-electron chi connectivity index (χ0n) is 15.2. The second kappa shape index (κ2) is 5.88. The van der Waals surface area contributed by atoms with Gasteiger partial charge in [0.05, 0.1) is 19.1 Å². The first-order valence-electron chi connectivity index (χ1n) is 9.09. The zero-order chi connectivity index (χ0) is 17.8. The Kier molecular flexibility index (Phi) is 4.03. The van der Waals surface area contributed by atoms with Gasteiger partial charge in [-0.2, -0.15) is 4.31 Å². The molecule has 0 radical (unpaired) electrons. The van der Waals surface area contributed by atoms with Crippen LogP contribution in [0.5, 0.6) is 11.5 Å². The number of nitrogens with zero attached hydrogens (tertiary/aromatic N) is 1. The SMILES string of the molecule is COc1ccc(S(=O)(=O)N(C)C23CC4CC(CC(C4)C2)C3)cc1OC. The Hall–Kier alpha value is -1.27. The lowest BCUT2D eigenvalue weighted by Crippen LogP contribution is -2.60. The molecule has 0 aromatic heterocycles. The number of sulfonamides is 1. The van der Waals surface area contributed by atoms with E-state index in [0.717, 1.165) is 19.3 Å². The topological polar surface area (TPSA) is 55.8 Å². The minimum atomic E-state index is -3.56. The van der Waals surface area contributed by atoms with E-state index in [1.54, 1.807) is 36.7 Å². The first-order valence-corrected chi connectivity index (χ1v) is 10.5. The molecule has 138 valence electrons. The molecule has 0 atom stereocenters. The van der Waals surface area contributed by atoms with Gasteiger partial charge in [-0.3, -0.25) is 0 Å². The van der Waals surface area contributed by atoms with E-state index in [1.807, 2.05) is 0 Å². The van der Waals surface area contributed by atoms with Gasteiger partial charge in [-0.05, 0) is 68.4 Å². The van der Waals surface area contributed by atoms with Gasteiger partial charge >= 0.3 is 0 Å². The summed E-state index contributed by atoms with van der Waals surface area (Å²) in [5.41, 5.74) is -0.194. The van der Waals surface area contributed by atoms with E-state index in [-0.39, 0.29) is 10.4 Å². The summed E-state index contributed by atoms with van der Waals surface area (Å²) < 4.78 is 38.9. The van der Waals surface area contributed by atoms with Crippen LogP contribution < -0.4 is 9.47 Å². The smallest absolute Gasteiger partial charge is 0.243 e. The number of ether oxygens (including phenoxy) is 2. The fraction of sp³-hybridized carbons (Fsp3) is 0.684. The first kappa shape index (κ1) is 17.2. The number of hydrogen-bond donors (Lipinski definition) is 0. The van der Waals surface area contributed by atoms with E-state index < -0.39 is 10.0 Å². The number of methoxy groups -OCH3 is 2. The summed E-state index contributed by atoms with van der Waals surface area (Å²) in [5.74, 6) is 3.10. The molecule has 1 aromatic rings. The van der Waals surface area contributed by atoms with E-state index >= 15 is 0 Å². The van der Waals surface area contributed by atoms with Gasteiger partial charge in [-0.15, -0.1) is 0 Å². The Bertz CT molecular complexity index is 738. The van der Waals surface area contributed by atoms with Crippen molar-refractivity contribution in [3.05, 3.63) is 18.2 Å². The minimum Gasteiger partial charge on any atom is -0.493 e. The largest absolute Gasteiger partial charge is 0.493 e. The maximum atomic E-state index is 13.3. The van der Waals surface area contributed by atoms with Gasteiger partial charge in [0.25, 0.3) is 0 Å². The van der Waals surface area contributed by atoms with E-state index in [2.05, 4.69) is 0 Å². The zero-order valence-corrected chi connectivity index (χ0v) is 16.0. The van der Waals surface area contributed by atoms with Crippen LogP contribution in [0.25, 0.3) is 0 Å². The van der Waals surface area contributed by atoms with E-state index in [9.17, 15) is 8.42 Å². The molecule has 5 nitrogen and oxygen atoms in total. The molecule has 4 saturated carbocycles. The highest BCUT2D eigenvalue weighted by Gasteiger charge is 2.55. The highest BCUT2D eigenvalue weighted by atomic mass is 32.2. The molecule has 0 heterocycles. The maximum absolute atomic E-state index is 13.3. The summed E-state index contributed by atoms with van der Waals surface area (Å²) in [7, 11) is 1.29. The van der Waals surface area contributed by atoms with E-state index in [4.69, 9.17) is 9.47 Å². The summed E-state index contributed by atoms with van der Waals surface area (Å²) in [6, 6.07) is 4.86.